The number of methoxy groups -OCH3 is 1. The molecule has 0 aliphatic rings. The minimum absolute atomic E-state index is 0.0995. The second kappa shape index (κ2) is 8.81. The molecule has 0 atom stereocenters. The first kappa shape index (κ1) is 19.1. The molecule has 0 N–H and O–H groups in total. The zero-order chi connectivity index (χ0) is 18.5. The lowest BCUT2D eigenvalue weighted by atomic mass is 10.2. The van der Waals surface area contributed by atoms with Gasteiger partial charge in [-0.3, -0.25) is 9.36 Å². The molecule has 0 fully saturated rings. The van der Waals surface area contributed by atoms with E-state index in [-0.39, 0.29) is 5.78 Å². The van der Waals surface area contributed by atoms with Crippen molar-refractivity contribution >= 4 is 40.5 Å². The molecule has 0 aliphatic heterocycles. The third-order valence-electron chi connectivity index (χ3n) is 3.69. The van der Waals surface area contributed by atoms with E-state index in [1.807, 2.05) is 47.9 Å². The molecule has 5 nitrogen and oxygen atoms in total. The van der Waals surface area contributed by atoms with Crippen LogP contribution in [0, 0.1) is 6.92 Å². The van der Waals surface area contributed by atoms with Crippen molar-refractivity contribution in [2.24, 2.45) is 0 Å². The minimum atomic E-state index is 0.0995. The molecule has 0 saturated heterocycles. The summed E-state index contributed by atoms with van der Waals surface area (Å²) in [5, 5.41) is 9.96. The molecule has 26 heavy (non-hydrogen) atoms. The zero-order valence-electron chi connectivity index (χ0n) is 14.4. The Morgan fingerprint density at radius 3 is 2.65 bits per heavy atom. The van der Waals surface area contributed by atoms with Crippen LogP contribution in [-0.2, 0) is 11.3 Å². The summed E-state index contributed by atoms with van der Waals surface area (Å²) in [7, 11) is 1.65. The number of aromatic nitrogens is 3. The largest absolute Gasteiger partial charge is 0.383 e. The van der Waals surface area contributed by atoms with E-state index in [1.165, 1.54) is 23.1 Å². The van der Waals surface area contributed by atoms with Gasteiger partial charge in [-0.15, -0.1) is 21.5 Å². The highest BCUT2D eigenvalue weighted by atomic mass is 35.5. The van der Waals surface area contributed by atoms with Crippen LogP contribution in [0.25, 0.3) is 11.4 Å². The predicted octanol–water partition coefficient (Wildman–Crippen LogP) is 4.59. The van der Waals surface area contributed by atoms with E-state index in [0.29, 0.717) is 29.1 Å². The number of thioether (sulfide) groups is 1. The van der Waals surface area contributed by atoms with Gasteiger partial charge in [0.25, 0.3) is 0 Å². The van der Waals surface area contributed by atoms with E-state index >= 15 is 0 Å². The second-order valence-corrected chi connectivity index (χ2v) is 8.25. The number of halogens is 1. The molecule has 0 spiro atoms. The summed E-state index contributed by atoms with van der Waals surface area (Å²) in [5.74, 6) is 1.16. The fraction of sp³-hybridized carbons (Fsp3) is 0.278. The number of rotatable bonds is 8. The van der Waals surface area contributed by atoms with Crippen molar-refractivity contribution in [3.05, 3.63) is 51.2 Å². The van der Waals surface area contributed by atoms with Crippen molar-refractivity contribution < 1.29 is 9.53 Å². The number of ether oxygens (including phenoxy) is 1. The molecule has 3 rings (SSSR count). The number of carbonyl (C=O) groups excluding carboxylic acids is 1. The SMILES string of the molecule is COCCn1c(SCC(=O)c2ccc(C)s2)nnc1-c1ccc(Cl)cc1. The van der Waals surface area contributed by atoms with Gasteiger partial charge in [-0.05, 0) is 43.3 Å². The van der Waals surface area contributed by atoms with Gasteiger partial charge >= 0.3 is 0 Å². The zero-order valence-corrected chi connectivity index (χ0v) is 16.8. The van der Waals surface area contributed by atoms with Gasteiger partial charge in [0.2, 0.25) is 0 Å². The van der Waals surface area contributed by atoms with E-state index < -0.39 is 0 Å². The highest BCUT2D eigenvalue weighted by Crippen LogP contribution is 2.26. The number of benzene rings is 1. The van der Waals surface area contributed by atoms with Crippen LogP contribution in [0.2, 0.25) is 5.02 Å². The Hall–Kier alpha value is -1.67. The van der Waals surface area contributed by atoms with E-state index in [4.69, 9.17) is 16.3 Å². The topological polar surface area (TPSA) is 57.0 Å². The number of thiophene rings is 1. The van der Waals surface area contributed by atoms with Crippen molar-refractivity contribution in [2.75, 3.05) is 19.5 Å². The second-order valence-electron chi connectivity index (χ2n) is 5.58. The highest BCUT2D eigenvalue weighted by molar-refractivity contribution is 7.99. The molecule has 0 bridgehead atoms. The summed E-state index contributed by atoms with van der Waals surface area (Å²) in [6, 6.07) is 11.3. The van der Waals surface area contributed by atoms with Crippen molar-refractivity contribution in [3.63, 3.8) is 0 Å². The molecule has 8 heteroatoms. The first-order chi connectivity index (χ1) is 12.6. The van der Waals surface area contributed by atoms with Gasteiger partial charge in [-0.25, -0.2) is 0 Å². The Balaban J connectivity index is 1.80. The molecular formula is C18H18ClN3O2S2. The summed E-state index contributed by atoms with van der Waals surface area (Å²) in [6.45, 7) is 3.13. The summed E-state index contributed by atoms with van der Waals surface area (Å²) < 4.78 is 7.18. The van der Waals surface area contributed by atoms with Crippen molar-refractivity contribution in [2.45, 2.75) is 18.6 Å². The van der Waals surface area contributed by atoms with Gasteiger partial charge in [-0.2, -0.15) is 0 Å². The fourth-order valence-electron chi connectivity index (χ4n) is 2.38. The summed E-state index contributed by atoms with van der Waals surface area (Å²) in [4.78, 5) is 14.3. The summed E-state index contributed by atoms with van der Waals surface area (Å²) in [5.41, 5.74) is 0.921. The Bertz CT molecular complexity index is 890. The third-order valence-corrected chi connectivity index (χ3v) is 5.95. The molecule has 0 amide bonds. The number of hydrogen-bond donors (Lipinski definition) is 0. The summed E-state index contributed by atoms with van der Waals surface area (Å²) >= 11 is 8.88. The maximum Gasteiger partial charge on any atom is 0.192 e. The molecule has 3 aromatic rings. The standard InChI is InChI=1S/C18H18ClN3O2S2/c1-12-3-8-16(26-12)15(23)11-25-18-21-20-17(22(18)9-10-24-2)13-4-6-14(19)7-5-13/h3-8H,9-11H2,1-2H3. The highest BCUT2D eigenvalue weighted by Gasteiger charge is 2.16. The van der Waals surface area contributed by atoms with Gasteiger partial charge in [0.05, 0.1) is 23.8 Å². The number of carbonyl (C=O) groups is 1. The number of hydrogen-bond acceptors (Lipinski definition) is 6. The Morgan fingerprint density at radius 2 is 2.00 bits per heavy atom. The first-order valence-corrected chi connectivity index (χ1v) is 10.2. The quantitative estimate of drug-likeness (QED) is 0.403. The number of nitrogens with zero attached hydrogens (tertiary/aromatic N) is 3. The van der Waals surface area contributed by atoms with Crippen LogP contribution in [0.5, 0.6) is 0 Å². The number of aryl methyl sites for hydroxylation is 1. The van der Waals surface area contributed by atoms with Gasteiger partial charge in [0, 0.05) is 22.6 Å². The van der Waals surface area contributed by atoms with Crippen molar-refractivity contribution in [1.29, 1.82) is 0 Å². The lowest BCUT2D eigenvalue weighted by molar-refractivity contribution is 0.102. The van der Waals surface area contributed by atoms with E-state index in [0.717, 1.165) is 21.1 Å². The van der Waals surface area contributed by atoms with Crippen LogP contribution in [0.4, 0.5) is 0 Å². The normalized spacial score (nSPS) is 11.0. The molecule has 136 valence electrons. The molecule has 2 aromatic heterocycles. The van der Waals surface area contributed by atoms with Crippen LogP contribution in [0.15, 0.2) is 41.6 Å². The maximum atomic E-state index is 12.4. The fourth-order valence-corrected chi connectivity index (χ4v) is 4.25. The predicted molar refractivity (Wildman–Crippen MR) is 106 cm³/mol. The van der Waals surface area contributed by atoms with E-state index in [9.17, 15) is 4.79 Å². The van der Waals surface area contributed by atoms with Gasteiger partial charge < -0.3 is 4.74 Å². The van der Waals surface area contributed by atoms with Crippen LogP contribution in [-0.4, -0.2) is 40.0 Å². The van der Waals surface area contributed by atoms with Crippen LogP contribution < -0.4 is 0 Å². The molecular weight excluding hydrogens is 390 g/mol. The van der Waals surface area contributed by atoms with Gasteiger partial charge in [0.15, 0.2) is 16.8 Å². The lowest BCUT2D eigenvalue weighted by Gasteiger charge is -2.09. The molecule has 0 unspecified atom stereocenters. The molecule has 1 aromatic carbocycles. The molecule has 0 aliphatic carbocycles. The van der Waals surface area contributed by atoms with E-state index in [1.54, 1.807) is 7.11 Å². The average Bonchev–Trinajstić information content (AvgIpc) is 3.25. The monoisotopic (exact) mass is 407 g/mol. The van der Waals surface area contributed by atoms with Crippen LogP contribution in [0.3, 0.4) is 0 Å². The first-order valence-electron chi connectivity index (χ1n) is 7.99. The maximum absolute atomic E-state index is 12.4. The minimum Gasteiger partial charge on any atom is -0.383 e. The molecule has 2 heterocycles. The number of Topliss-reactive ketones (excluding diaryl/α,β-unsaturated/α-hetero) is 1. The third kappa shape index (κ3) is 4.54. The van der Waals surface area contributed by atoms with Gasteiger partial charge in [0.1, 0.15) is 0 Å². The Labute approximate surface area is 165 Å². The molecule has 0 radical (unpaired) electrons. The molecule has 0 saturated carbocycles. The summed E-state index contributed by atoms with van der Waals surface area (Å²) in [6.07, 6.45) is 0. The smallest absolute Gasteiger partial charge is 0.192 e. The number of ketones is 1. The van der Waals surface area contributed by atoms with Crippen molar-refractivity contribution in [1.82, 2.24) is 14.8 Å². The van der Waals surface area contributed by atoms with Gasteiger partial charge in [-0.1, -0.05) is 23.4 Å². The van der Waals surface area contributed by atoms with E-state index in [2.05, 4.69) is 10.2 Å². The Kier molecular flexibility index (Phi) is 6.48. The van der Waals surface area contributed by atoms with Crippen molar-refractivity contribution in [3.8, 4) is 11.4 Å². The van der Waals surface area contributed by atoms with Crippen LogP contribution >= 0.6 is 34.7 Å². The lowest BCUT2D eigenvalue weighted by Crippen LogP contribution is -2.09. The average molecular weight is 408 g/mol. The van der Waals surface area contributed by atoms with Crippen LogP contribution in [0.1, 0.15) is 14.5 Å². The Morgan fingerprint density at radius 1 is 1.23 bits per heavy atom.